The Morgan fingerprint density at radius 3 is 2.03 bits per heavy atom. The molecule has 35 heavy (non-hydrogen) atoms. The number of amides is 2. The molecule has 0 spiro atoms. The van der Waals surface area contributed by atoms with Gasteiger partial charge >= 0.3 is 11.9 Å². The van der Waals surface area contributed by atoms with Crippen molar-refractivity contribution in [3.8, 4) is 0 Å². The number of aliphatic hydroxyl groups excluding tert-OH is 1. The van der Waals surface area contributed by atoms with Gasteiger partial charge in [-0.1, -0.05) is 54.6 Å². The Morgan fingerprint density at radius 1 is 0.771 bits per heavy atom. The van der Waals surface area contributed by atoms with Crippen molar-refractivity contribution in [1.82, 2.24) is 10.6 Å². The summed E-state index contributed by atoms with van der Waals surface area (Å²) in [5.74, 6) is -4.04. The number of aliphatic hydroxyl groups is 1. The van der Waals surface area contributed by atoms with Gasteiger partial charge in [-0.3, -0.25) is 14.4 Å². The third-order valence-electron chi connectivity index (χ3n) is 6.07. The molecule has 0 radical (unpaired) electrons. The number of aliphatic carboxylic acids is 2. The minimum Gasteiger partial charge on any atom is -0.481 e. The summed E-state index contributed by atoms with van der Waals surface area (Å²) in [7, 11) is 0. The van der Waals surface area contributed by atoms with E-state index in [9.17, 15) is 29.4 Å². The second-order valence-electron chi connectivity index (χ2n) is 8.39. The molecule has 0 fully saturated rings. The van der Waals surface area contributed by atoms with Crippen molar-refractivity contribution in [3.05, 3.63) is 60.2 Å². The largest absolute Gasteiger partial charge is 0.481 e. The van der Waals surface area contributed by atoms with E-state index in [1.165, 1.54) is 0 Å². The third-order valence-corrected chi connectivity index (χ3v) is 6.07. The maximum atomic E-state index is 12.8. The zero-order valence-electron chi connectivity index (χ0n) is 18.7. The van der Waals surface area contributed by atoms with Crippen molar-refractivity contribution < 1.29 is 34.5 Å². The van der Waals surface area contributed by atoms with Crippen LogP contribution in [-0.4, -0.2) is 57.8 Å². The van der Waals surface area contributed by atoms with Gasteiger partial charge in [-0.15, -0.1) is 0 Å². The fourth-order valence-corrected chi connectivity index (χ4v) is 4.36. The van der Waals surface area contributed by atoms with E-state index in [1.54, 1.807) is 0 Å². The van der Waals surface area contributed by atoms with Crippen LogP contribution in [0.15, 0.2) is 54.6 Å². The first-order valence-electron chi connectivity index (χ1n) is 11.1. The number of hydrogen-bond donors (Lipinski definition) is 5. The lowest BCUT2D eigenvalue weighted by molar-refractivity contribution is -0.143. The van der Waals surface area contributed by atoms with Crippen LogP contribution in [0.4, 0.5) is 0 Å². The zero-order valence-corrected chi connectivity index (χ0v) is 18.7. The lowest BCUT2D eigenvalue weighted by atomic mass is 9.91. The molecule has 0 unspecified atom stereocenters. The number of carboxylic acid groups (broad SMARTS) is 2. The second-order valence-corrected chi connectivity index (χ2v) is 8.39. The van der Waals surface area contributed by atoms with Crippen LogP contribution in [0.1, 0.15) is 18.4 Å². The Kier molecular flexibility index (Phi) is 6.79. The molecule has 4 aromatic carbocycles. The molecule has 0 saturated carbocycles. The lowest BCUT2D eigenvalue weighted by Gasteiger charge is -2.20. The molecule has 0 aliphatic carbocycles. The zero-order chi connectivity index (χ0) is 25.1. The number of carbonyl (C=O) groups is 4. The fraction of sp³-hybridized carbons (Fsp3) is 0.231. The van der Waals surface area contributed by atoms with Crippen LogP contribution >= 0.6 is 0 Å². The van der Waals surface area contributed by atoms with Crippen molar-refractivity contribution in [2.24, 2.45) is 0 Å². The third kappa shape index (κ3) is 4.99. The number of benzene rings is 4. The van der Waals surface area contributed by atoms with E-state index in [0.717, 1.165) is 37.9 Å². The summed E-state index contributed by atoms with van der Waals surface area (Å²) in [6.45, 7) is -0.749. The molecule has 0 bridgehead atoms. The number of carbonyl (C=O) groups excluding carboxylic acids is 2. The van der Waals surface area contributed by atoms with Gasteiger partial charge in [-0.05, 0) is 44.3 Å². The molecule has 9 nitrogen and oxygen atoms in total. The monoisotopic (exact) mass is 476 g/mol. The Bertz CT molecular complexity index is 1420. The number of hydrogen-bond acceptors (Lipinski definition) is 5. The van der Waals surface area contributed by atoms with Crippen LogP contribution in [0.25, 0.3) is 32.3 Å². The molecule has 0 aliphatic rings. The van der Waals surface area contributed by atoms with Crippen LogP contribution < -0.4 is 10.6 Å². The number of carboxylic acids is 2. The molecule has 9 heteroatoms. The highest BCUT2D eigenvalue weighted by atomic mass is 16.4. The molecule has 5 N–H and O–H groups in total. The first-order chi connectivity index (χ1) is 16.8. The summed E-state index contributed by atoms with van der Waals surface area (Å²) < 4.78 is 0. The predicted octanol–water partition coefficient (Wildman–Crippen LogP) is 2.04. The van der Waals surface area contributed by atoms with Gasteiger partial charge in [-0.2, -0.15) is 0 Å². The summed E-state index contributed by atoms with van der Waals surface area (Å²) >= 11 is 0. The molecule has 2 atom stereocenters. The van der Waals surface area contributed by atoms with E-state index >= 15 is 0 Å². The van der Waals surface area contributed by atoms with Crippen LogP contribution in [-0.2, 0) is 25.6 Å². The summed E-state index contributed by atoms with van der Waals surface area (Å²) in [4.78, 5) is 47.3. The van der Waals surface area contributed by atoms with Gasteiger partial charge in [0, 0.05) is 6.42 Å². The highest BCUT2D eigenvalue weighted by molar-refractivity contribution is 6.23. The van der Waals surface area contributed by atoms with E-state index in [-0.39, 0.29) is 12.8 Å². The highest BCUT2D eigenvalue weighted by Gasteiger charge is 2.26. The second kappa shape index (κ2) is 9.94. The Hall–Kier alpha value is -4.24. The highest BCUT2D eigenvalue weighted by Crippen LogP contribution is 2.35. The molecule has 4 rings (SSSR count). The topological polar surface area (TPSA) is 153 Å². The molecular weight excluding hydrogens is 452 g/mol. The van der Waals surface area contributed by atoms with E-state index in [2.05, 4.69) is 16.7 Å². The Balaban J connectivity index is 1.52. The molecule has 2 amide bonds. The molecular formula is C26H24N2O7. The van der Waals surface area contributed by atoms with E-state index < -0.39 is 48.9 Å². The van der Waals surface area contributed by atoms with E-state index in [0.29, 0.717) is 0 Å². The molecule has 4 aromatic rings. The van der Waals surface area contributed by atoms with Gasteiger partial charge in [0.25, 0.3) is 0 Å². The van der Waals surface area contributed by atoms with Gasteiger partial charge in [0.1, 0.15) is 12.1 Å². The smallest absolute Gasteiger partial charge is 0.326 e. The van der Waals surface area contributed by atoms with Crippen LogP contribution in [0.2, 0.25) is 0 Å². The van der Waals surface area contributed by atoms with Gasteiger partial charge in [-0.25, -0.2) is 4.79 Å². The van der Waals surface area contributed by atoms with Gasteiger partial charge in [0.2, 0.25) is 11.8 Å². The molecule has 0 aliphatic heterocycles. The standard InChI is InChI=1S/C26H24N2O7/c29-13-20(25(33)28-19(26(34)35)10-11-22(31)32)27-21(30)12-17-7-6-16-5-4-14-2-1-3-15-8-9-18(17)24(16)23(14)15/h1-9,19-20,29H,10-13H2,(H,27,30)(H,28,33)(H,31,32)(H,34,35)/t19-,20-/m0/s1. The number of nitrogens with one attached hydrogen (secondary N) is 2. The van der Waals surface area contributed by atoms with E-state index in [4.69, 9.17) is 5.11 Å². The van der Waals surface area contributed by atoms with Crippen molar-refractivity contribution >= 4 is 56.1 Å². The average Bonchev–Trinajstić information content (AvgIpc) is 2.84. The summed E-state index contributed by atoms with van der Waals surface area (Å²) in [5, 5.41) is 38.5. The van der Waals surface area contributed by atoms with Crippen molar-refractivity contribution in [1.29, 1.82) is 0 Å². The first-order valence-corrected chi connectivity index (χ1v) is 11.1. The quantitative estimate of drug-likeness (QED) is 0.220. The molecule has 0 aromatic heterocycles. The van der Waals surface area contributed by atoms with Gasteiger partial charge < -0.3 is 26.0 Å². The van der Waals surface area contributed by atoms with Crippen LogP contribution in [0.3, 0.4) is 0 Å². The molecule has 0 saturated heterocycles. The normalized spacial score (nSPS) is 13.1. The summed E-state index contributed by atoms with van der Waals surface area (Å²) in [5.41, 5.74) is 0.746. The SMILES string of the molecule is O=C(O)CC[C@H](NC(=O)[C@H](CO)NC(=O)Cc1ccc2ccc3cccc4ccc1c2c34)C(=O)O. The van der Waals surface area contributed by atoms with Crippen molar-refractivity contribution in [3.63, 3.8) is 0 Å². The lowest BCUT2D eigenvalue weighted by Crippen LogP contribution is -2.53. The molecule has 180 valence electrons. The van der Waals surface area contributed by atoms with Gasteiger partial charge in [0.15, 0.2) is 0 Å². The van der Waals surface area contributed by atoms with Crippen molar-refractivity contribution in [2.45, 2.75) is 31.3 Å². The van der Waals surface area contributed by atoms with Crippen molar-refractivity contribution in [2.75, 3.05) is 6.61 Å². The minimum atomic E-state index is -1.46. The van der Waals surface area contributed by atoms with Crippen LogP contribution in [0.5, 0.6) is 0 Å². The fourth-order valence-electron chi connectivity index (χ4n) is 4.36. The minimum absolute atomic E-state index is 0.0562. The molecule has 0 heterocycles. The van der Waals surface area contributed by atoms with Gasteiger partial charge in [0.05, 0.1) is 13.0 Å². The number of rotatable bonds is 10. The van der Waals surface area contributed by atoms with E-state index in [1.807, 2.05) is 48.5 Å². The van der Waals surface area contributed by atoms with Crippen LogP contribution in [0, 0.1) is 0 Å². The Labute approximate surface area is 199 Å². The summed E-state index contributed by atoms with van der Waals surface area (Å²) in [6, 6.07) is 15.1. The maximum absolute atomic E-state index is 12.8. The predicted molar refractivity (Wildman–Crippen MR) is 129 cm³/mol. The summed E-state index contributed by atoms with van der Waals surface area (Å²) in [6.07, 6.45) is -0.841. The average molecular weight is 476 g/mol. The first kappa shape index (κ1) is 23.9. The Morgan fingerprint density at radius 2 is 1.40 bits per heavy atom. The maximum Gasteiger partial charge on any atom is 0.326 e.